The van der Waals surface area contributed by atoms with Gasteiger partial charge >= 0.3 is 11.9 Å². The van der Waals surface area contributed by atoms with Crippen LogP contribution in [0, 0.1) is 0 Å². The molecule has 0 aromatic heterocycles. The molecule has 5 rings (SSSR count). The number of carbonyl (C=O) groups excluding carboxylic acids is 2. The number of benzene rings is 2. The van der Waals surface area contributed by atoms with Crippen LogP contribution in [0.2, 0.25) is 0 Å². The lowest BCUT2D eigenvalue weighted by Crippen LogP contribution is -2.52. The predicted octanol–water partition coefficient (Wildman–Crippen LogP) is 4.79. The number of nitrogens with one attached hydrogen (secondary N) is 1. The molecule has 3 aliphatic rings. The van der Waals surface area contributed by atoms with Gasteiger partial charge in [-0.1, -0.05) is 95.5 Å². The lowest BCUT2D eigenvalue weighted by Gasteiger charge is -2.31. The molecule has 11 heteroatoms. The highest BCUT2D eigenvalue weighted by atomic mass is 35.6. The summed E-state index contributed by atoms with van der Waals surface area (Å²) in [6.07, 6.45) is 2.39. The van der Waals surface area contributed by atoms with E-state index in [0.29, 0.717) is 32.8 Å². The number of nitrogens with zero attached hydrogens (tertiary/aromatic N) is 1. The highest BCUT2D eigenvalue weighted by Crippen LogP contribution is 2.46. The number of rotatable bonds is 9. The summed E-state index contributed by atoms with van der Waals surface area (Å²) in [5.41, 5.74) is 0.677. The van der Waals surface area contributed by atoms with Crippen molar-refractivity contribution >= 4 is 46.7 Å². The molecule has 0 saturated carbocycles. The third-order valence-corrected chi connectivity index (χ3v) is 7.99. The first kappa shape index (κ1) is 31.0. The van der Waals surface area contributed by atoms with Gasteiger partial charge in [-0.2, -0.15) is 0 Å². The zero-order valence-corrected chi connectivity index (χ0v) is 24.7. The summed E-state index contributed by atoms with van der Waals surface area (Å²) < 4.78 is 19.9. The number of esters is 2. The SMILES string of the molecule is COC(=O)[C@]1(COCc2ccccc2)CCCN1.O=C1O[C@H](C(Cl)(Cl)Cl)N2CCC[C@@]12COCc1ccccc1. The number of halogens is 3. The Balaban J connectivity index is 0.000000189. The summed E-state index contributed by atoms with van der Waals surface area (Å²) in [4.78, 5) is 26.0. The lowest BCUT2D eigenvalue weighted by atomic mass is 9.98. The van der Waals surface area contributed by atoms with Gasteiger partial charge in [0.2, 0.25) is 10.0 Å². The van der Waals surface area contributed by atoms with Crippen LogP contribution in [0.4, 0.5) is 0 Å². The number of ether oxygens (including phenoxy) is 4. The average Bonchev–Trinajstić information content (AvgIpc) is 3.66. The molecule has 0 spiro atoms. The van der Waals surface area contributed by atoms with Crippen LogP contribution in [-0.4, -0.2) is 71.3 Å². The van der Waals surface area contributed by atoms with Crippen molar-refractivity contribution in [3.8, 4) is 0 Å². The molecule has 40 heavy (non-hydrogen) atoms. The van der Waals surface area contributed by atoms with Crippen LogP contribution >= 0.6 is 34.8 Å². The summed E-state index contributed by atoms with van der Waals surface area (Å²) in [6.45, 7) is 3.03. The molecule has 2 aromatic carbocycles. The van der Waals surface area contributed by atoms with Gasteiger partial charge in [0.15, 0.2) is 0 Å². The van der Waals surface area contributed by atoms with Gasteiger partial charge < -0.3 is 18.9 Å². The van der Waals surface area contributed by atoms with Crippen LogP contribution in [0.1, 0.15) is 36.8 Å². The van der Waals surface area contributed by atoms with E-state index < -0.39 is 21.1 Å². The maximum absolute atomic E-state index is 12.4. The molecule has 3 heterocycles. The zero-order chi connectivity index (χ0) is 28.6. The molecule has 1 N–H and O–H groups in total. The molecule has 0 bridgehead atoms. The first-order valence-corrected chi connectivity index (χ1v) is 14.4. The Hall–Kier alpha value is -1.91. The number of cyclic esters (lactones) is 1. The molecular formula is C29H35Cl3N2O6. The van der Waals surface area contributed by atoms with Crippen molar-refractivity contribution in [2.24, 2.45) is 0 Å². The van der Waals surface area contributed by atoms with Crippen molar-refractivity contribution in [3.05, 3.63) is 71.8 Å². The normalized spacial score (nSPS) is 26.1. The molecule has 3 atom stereocenters. The van der Waals surface area contributed by atoms with E-state index in [1.165, 1.54) is 7.11 Å². The summed E-state index contributed by atoms with van der Waals surface area (Å²) in [7, 11) is 1.42. The minimum absolute atomic E-state index is 0.229. The highest BCUT2D eigenvalue weighted by Gasteiger charge is 2.62. The molecule has 218 valence electrons. The molecule has 3 fully saturated rings. The number of hydrogen-bond donors (Lipinski definition) is 1. The van der Waals surface area contributed by atoms with Crippen molar-refractivity contribution in [3.63, 3.8) is 0 Å². The second kappa shape index (κ2) is 13.8. The maximum atomic E-state index is 12.4. The topological polar surface area (TPSA) is 86.3 Å². The molecule has 2 aromatic rings. The second-order valence-corrected chi connectivity index (χ2v) is 12.6. The van der Waals surface area contributed by atoms with Crippen LogP contribution in [0.3, 0.4) is 0 Å². The van der Waals surface area contributed by atoms with E-state index in [0.717, 1.165) is 36.9 Å². The Morgan fingerprint density at radius 3 is 2.10 bits per heavy atom. The van der Waals surface area contributed by atoms with Gasteiger partial charge in [-0.15, -0.1) is 0 Å². The quantitative estimate of drug-likeness (QED) is 0.319. The Morgan fingerprint density at radius 2 is 1.57 bits per heavy atom. The Kier molecular flexibility index (Phi) is 10.7. The first-order valence-electron chi connectivity index (χ1n) is 13.3. The minimum Gasteiger partial charge on any atom is -0.468 e. The van der Waals surface area contributed by atoms with E-state index in [2.05, 4.69) is 5.32 Å². The molecular weight excluding hydrogens is 579 g/mol. The summed E-state index contributed by atoms with van der Waals surface area (Å²) in [6, 6.07) is 19.7. The number of carbonyl (C=O) groups is 2. The number of hydrogen-bond acceptors (Lipinski definition) is 8. The van der Waals surface area contributed by atoms with Crippen LogP contribution in [0.25, 0.3) is 0 Å². The zero-order valence-electron chi connectivity index (χ0n) is 22.5. The van der Waals surface area contributed by atoms with E-state index in [1.807, 2.05) is 65.6 Å². The fourth-order valence-electron chi connectivity index (χ4n) is 5.38. The van der Waals surface area contributed by atoms with Crippen molar-refractivity contribution in [2.45, 2.75) is 60.0 Å². The summed E-state index contributed by atoms with van der Waals surface area (Å²) in [5.74, 6) is -0.595. The first-order chi connectivity index (χ1) is 19.2. The maximum Gasteiger partial charge on any atom is 0.330 e. The molecule has 0 radical (unpaired) electrons. The monoisotopic (exact) mass is 612 g/mol. The van der Waals surface area contributed by atoms with Crippen molar-refractivity contribution < 1.29 is 28.5 Å². The van der Waals surface area contributed by atoms with Crippen LogP contribution < -0.4 is 5.32 Å². The number of alkyl halides is 3. The van der Waals surface area contributed by atoms with Crippen LogP contribution in [0.15, 0.2) is 60.7 Å². The highest BCUT2D eigenvalue weighted by molar-refractivity contribution is 6.68. The van der Waals surface area contributed by atoms with Crippen LogP contribution in [0.5, 0.6) is 0 Å². The molecule has 8 nitrogen and oxygen atoms in total. The Labute approximate surface area is 250 Å². The van der Waals surface area contributed by atoms with E-state index in [4.69, 9.17) is 53.8 Å². The minimum atomic E-state index is -1.67. The van der Waals surface area contributed by atoms with Crippen molar-refractivity contribution in [1.29, 1.82) is 0 Å². The van der Waals surface area contributed by atoms with E-state index in [-0.39, 0.29) is 18.5 Å². The fourth-order valence-corrected chi connectivity index (χ4v) is 5.87. The standard InChI is InChI=1S/C15H16Cl3NO3.C14H19NO3/c16-15(17,18)12-19-8-4-7-14(19,13(20)22-12)10-21-9-11-5-2-1-3-6-11;1-17-13(16)14(8-5-9-15-14)11-18-10-12-6-3-2-4-7-12/h1-3,5-6,12H,4,7-10H2;2-4,6-7,15H,5,8-11H2,1H3/t12-,14-;14-/m11/s1. The number of methoxy groups -OCH3 is 1. The third kappa shape index (κ3) is 7.29. The van der Waals surface area contributed by atoms with E-state index in [9.17, 15) is 9.59 Å². The van der Waals surface area contributed by atoms with Gasteiger partial charge in [0.25, 0.3) is 0 Å². The van der Waals surface area contributed by atoms with Gasteiger partial charge in [-0.25, -0.2) is 14.5 Å². The molecule has 0 aliphatic carbocycles. The van der Waals surface area contributed by atoms with Gasteiger partial charge in [-0.05, 0) is 43.4 Å². The molecule has 0 amide bonds. The Bertz CT molecular complexity index is 1110. The fraction of sp³-hybridized carbons (Fsp3) is 0.517. The van der Waals surface area contributed by atoms with Gasteiger partial charge in [0, 0.05) is 6.54 Å². The summed E-state index contributed by atoms with van der Waals surface area (Å²) in [5, 5.41) is 3.21. The predicted molar refractivity (Wildman–Crippen MR) is 153 cm³/mol. The second-order valence-electron chi connectivity index (χ2n) is 10.2. The lowest BCUT2D eigenvalue weighted by molar-refractivity contribution is -0.151. The van der Waals surface area contributed by atoms with E-state index >= 15 is 0 Å². The molecule has 3 aliphatic heterocycles. The third-order valence-electron chi connectivity index (χ3n) is 7.43. The molecule has 3 saturated heterocycles. The number of fused-ring (bicyclic) bond motifs is 1. The smallest absolute Gasteiger partial charge is 0.330 e. The van der Waals surface area contributed by atoms with Crippen molar-refractivity contribution in [2.75, 3.05) is 33.4 Å². The van der Waals surface area contributed by atoms with Gasteiger partial charge in [-0.3, -0.25) is 5.32 Å². The van der Waals surface area contributed by atoms with Gasteiger partial charge in [0.05, 0.1) is 33.5 Å². The van der Waals surface area contributed by atoms with E-state index in [1.54, 1.807) is 0 Å². The summed E-state index contributed by atoms with van der Waals surface area (Å²) >= 11 is 17.8. The van der Waals surface area contributed by atoms with Crippen molar-refractivity contribution in [1.82, 2.24) is 10.2 Å². The molecule has 0 unspecified atom stereocenters. The van der Waals surface area contributed by atoms with Gasteiger partial charge in [0.1, 0.15) is 11.1 Å². The Morgan fingerprint density at radius 1 is 0.975 bits per heavy atom. The largest absolute Gasteiger partial charge is 0.468 e. The average molecular weight is 614 g/mol. The van der Waals surface area contributed by atoms with Crippen LogP contribution in [-0.2, 0) is 41.8 Å².